The molecule has 0 amide bonds. The van der Waals surface area contributed by atoms with E-state index in [2.05, 4.69) is 0 Å². The van der Waals surface area contributed by atoms with Crippen LogP contribution < -0.4 is 4.74 Å². The lowest BCUT2D eigenvalue weighted by molar-refractivity contribution is 0.0903. The SMILES string of the molecule is O=C1CCCc2cc(OCCC3CCCO3)ccc21. The van der Waals surface area contributed by atoms with Crippen molar-refractivity contribution in [3.8, 4) is 5.75 Å². The number of carbonyl (C=O) groups is 1. The Labute approximate surface area is 113 Å². The summed E-state index contributed by atoms with van der Waals surface area (Å²) in [7, 11) is 0. The number of ether oxygens (including phenoxy) is 2. The number of aryl methyl sites for hydroxylation is 1. The summed E-state index contributed by atoms with van der Waals surface area (Å²) in [5.74, 6) is 1.15. The van der Waals surface area contributed by atoms with Gasteiger partial charge in [-0.3, -0.25) is 4.79 Å². The second-order valence-corrected chi connectivity index (χ2v) is 5.37. The van der Waals surface area contributed by atoms with Gasteiger partial charge in [-0.2, -0.15) is 0 Å². The van der Waals surface area contributed by atoms with Crippen LogP contribution in [0.3, 0.4) is 0 Å². The van der Waals surface area contributed by atoms with Crippen LogP contribution in [0.15, 0.2) is 18.2 Å². The molecule has 0 bridgehead atoms. The Bertz CT molecular complexity index is 461. The molecule has 3 heteroatoms. The smallest absolute Gasteiger partial charge is 0.163 e. The van der Waals surface area contributed by atoms with Gasteiger partial charge in [-0.25, -0.2) is 0 Å². The Morgan fingerprint density at radius 1 is 1.26 bits per heavy atom. The minimum Gasteiger partial charge on any atom is -0.493 e. The van der Waals surface area contributed by atoms with Gasteiger partial charge in [-0.1, -0.05) is 0 Å². The van der Waals surface area contributed by atoms with Gasteiger partial charge in [0.05, 0.1) is 12.7 Å². The third-order valence-electron chi connectivity index (χ3n) is 3.96. The summed E-state index contributed by atoms with van der Waals surface area (Å²) >= 11 is 0. The molecule has 1 aromatic rings. The fourth-order valence-corrected chi connectivity index (χ4v) is 2.89. The van der Waals surface area contributed by atoms with E-state index in [4.69, 9.17) is 9.47 Å². The normalized spacial score (nSPS) is 22.3. The van der Waals surface area contributed by atoms with Crippen LogP contribution in [0, 0.1) is 0 Å². The predicted molar refractivity (Wildman–Crippen MR) is 72.8 cm³/mol. The van der Waals surface area contributed by atoms with Crippen molar-refractivity contribution in [2.75, 3.05) is 13.2 Å². The van der Waals surface area contributed by atoms with Gasteiger partial charge >= 0.3 is 0 Å². The molecule has 2 aliphatic rings. The van der Waals surface area contributed by atoms with Gasteiger partial charge in [0.25, 0.3) is 0 Å². The van der Waals surface area contributed by atoms with E-state index in [1.54, 1.807) is 0 Å². The maximum Gasteiger partial charge on any atom is 0.163 e. The molecule has 102 valence electrons. The molecule has 0 saturated carbocycles. The second-order valence-electron chi connectivity index (χ2n) is 5.37. The molecule has 0 radical (unpaired) electrons. The highest BCUT2D eigenvalue weighted by molar-refractivity contribution is 5.98. The molecule has 1 aromatic carbocycles. The number of carbonyl (C=O) groups excluding carboxylic acids is 1. The van der Waals surface area contributed by atoms with Gasteiger partial charge in [0.2, 0.25) is 0 Å². The van der Waals surface area contributed by atoms with Gasteiger partial charge in [0.1, 0.15) is 5.75 Å². The van der Waals surface area contributed by atoms with Crippen LogP contribution in [0.4, 0.5) is 0 Å². The average Bonchev–Trinajstić information content (AvgIpc) is 2.92. The molecule has 1 atom stereocenters. The standard InChI is InChI=1S/C16H20O3/c17-16-5-1-3-12-11-14(6-7-15(12)16)19-10-8-13-4-2-9-18-13/h6-7,11,13H,1-5,8-10H2. The Morgan fingerprint density at radius 3 is 3.05 bits per heavy atom. The highest BCUT2D eigenvalue weighted by Gasteiger charge is 2.18. The van der Waals surface area contributed by atoms with Crippen LogP contribution in [-0.4, -0.2) is 25.1 Å². The fraction of sp³-hybridized carbons (Fsp3) is 0.562. The summed E-state index contributed by atoms with van der Waals surface area (Å²) in [6.07, 6.45) is 6.30. The van der Waals surface area contributed by atoms with E-state index >= 15 is 0 Å². The van der Waals surface area contributed by atoms with E-state index in [1.165, 1.54) is 6.42 Å². The Balaban J connectivity index is 1.57. The highest BCUT2D eigenvalue weighted by Crippen LogP contribution is 2.25. The van der Waals surface area contributed by atoms with E-state index in [-0.39, 0.29) is 5.78 Å². The van der Waals surface area contributed by atoms with Crippen molar-refractivity contribution in [3.63, 3.8) is 0 Å². The number of ketones is 1. The molecule has 0 N–H and O–H groups in total. The van der Waals surface area contributed by atoms with Crippen molar-refractivity contribution in [3.05, 3.63) is 29.3 Å². The molecule has 1 unspecified atom stereocenters. The maximum atomic E-state index is 11.7. The Kier molecular flexibility index (Phi) is 3.83. The summed E-state index contributed by atoms with van der Waals surface area (Å²) in [5.41, 5.74) is 2.03. The van der Waals surface area contributed by atoms with E-state index in [9.17, 15) is 4.79 Å². The fourth-order valence-electron chi connectivity index (χ4n) is 2.89. The maximum absolute atomic E-state index is 11.7. The van der Waals surface area contributed by atoms with Crippen molar-refractivity contribution in [1.82, 2.24) is 0 Å². The van der Waals surface area contributed by atoms with Crippen LogP contribution in [0.5, 0.6) is 5.75 Å². The lowest BCUT2D eigenvalue weighted by Gasteiger charge is -2.16. The zero-order valence-corrected chi connectivity index (χ0v) is 11.2. The number of Topliss-reactive ketones (excluding diaryl/α,β-unsaturated/α-hetero) is 1. The molecule has 1 heterocycles. The van der Waals surface area contributed by atoms with Gasteiger partial charge in [-0.05, 0) is 49.4 Å². The summed E-state index contributed by atoms with van der Waals surface area (Å²) < 4.78 is 11.3. The number of hydrogen-bond acceptors (Lipinski definition) is 3. The Morgan fingerprint density at radius 2 is 2.21 bits per heavy atom. The first-order valence-electron chi connectivity index (χ1n) is 7.23. The monoisotopic (exact) mass is 260 g/mol. The van der Waals surface area contributed by atoms with Crippen molar-refractivity contribution in [2.45, 2.75) is 44.6 Å². The molecule has 3 nitrogen and oxygen atoms in total. The molecule has 0 spiro atoms. The number of rotatable bonds is 4. The topological polar surface area (TPSA) is 35.5 Å². The zero-order chi connectivity index (χ0) is 13.1. The number of benzene rings is 1. The average molecular weight is 260 g/mol. The van der Waals surface area contributed by atoms with Crippen LogP contribution in [0.25, 0.3) is 0 Å². The first-order chi connectivity index (χ1) is 9.33. The van der Waals surface area contributed by atoms with E-state index in [1.807, 2.05) is 18.2 Å². The van der Waals surface area contributed by atoms with Gasteiger partial charge in [-0.15, -0.1) is 0 Å². The van der Waals surface area contributed by atoms with Gasteiger partial charge in [0.15, 0.2) is 5.78 Å². The van der Waals surface area contributed by atoms with E-state index in [0.29, 0.717) is 19.1 Å². The first kappa shape index (κ1) is 12.7. The van der Waals surface area contributed by atoms with Crippen molar-refractivity contribution < 1.29 is 14.3 Å². The van der Waals surface area contributed by atoms with Crippen LogP contribution in [0.1, 0.15) is 48.0 Å². The third kappa shape index (κ3) is 2.98. The van der Waals surface area contributed by atoms with Crippen LogP contribution >= 0.6 is 0 Å². The minimum absolute atomic E-state index is 0.271. The van der Waals surface area contributed by atoms with Crippen molar-refractivity contribution in [1.29, 1.82) is 0 Å². The van der Waals surface area contributed by atoms with Crippen molar-refractivity contribution >= 4 is 5.78 Å². The van der Waals surface area contributed by atoms with Gasteiger partial charge in [0, 0.05) is 25.0 Å². The third-order valence-corrected chi connectivity index (χ3v) is 3.96. The summed E-state index contributed by atoms with van der Waals surface area (Å²) in [6, 6.07) is 5.86. The molecule has 3 rings (SSSR count). The second kappa shape index (κ2) is 5.74. The molecule has 1 aliphatic heterocycles. The Hall–Kier alpha value is -1.35. The van der Waals surface area contributed by atoms with E-state index < -0.39 is 0 Å². The lowest BCUT2D eigenvalue weighted by atomic mass is 9.90. The number of fused-ring (bicyclic) bond motifs is 1. The first-order valence-corrected chi connectivity index (χ1v) is 7.23. The summed E-state index contributed by atoms with van der Waals surface area (Å²) in [6.45, 7) is 1.59. The summed E-state index contributed by atoms with van der Waals surface area (Å²) in [5, 5.41) is 0. The largest absolute Gasteiger partial charge is 0.493 e. The molecule has 0 aromatic heterocycles. The predicted octanol–water partition coefficient (Wildman–Crippen LogP) is 3.15. The molecule has 1 aliphatic carbocycles. The quantitative estimate of drug-likeness (QED) is 0.834. The van der Waals surface area contributed by atoms with Gasteiger partial charge < -0.3 is 9.47 Å². The van der Waals surface area contributed by atoms with Crippen LogP contribution in [-0.2, 0) is 11.2 Å². The molecular formula is C16H20O3. The molecule has 1 fully saturated rings. The van der Waals surface area contributed by atoms with Crippen molar-refractivity contribution in [2.24, 2.45) is 0 Å². The molecular weight excluding hydrogens is 240 g/mol. The zero-order valence-electron chi connectivity index (χ0n) is 11.2. The molecule has 1 saturated heterocycles. The lowest BCUT2D eigenvalue weighted by Crippen LogP contribution is -2.12. The highest BCUT2D eigenvalue weighted by atomic mass is 16.5. The minimum atomic E-state index is 0.271. The van der Waals surface area contributed by atoms with Crippen LogP contribution in [0.2, 0.25) is 0 Å². The van der Waals surface area contributed by atoms with E-state index in [0.717, 1.165) is 49.2 Å². The molecule has 19 heavy (non-hydrogen) atoms. The summed E-state index contributed by atoms with van der Waals surface area (Å²) in [4.78, 5) is 11.7. The number of hydrogen-bond donors (Lipinski definition) is 0.